The third-order valence-electron chi connectivity index (χ3n) is 3.65. The molecular weight excluding hydrogens is 288 g/mol. The topological polar surface area (TPSA) is 57.7 Å². The van der Waals surface area contributed by atoms with Gasteiger partial charge < -0.3 is 4.90 Å². The van der Waals surface area contributed by atoms with E-state index in [2.05, 4.69) is 0 Å². The highest BCUT2D eigenvalue weighted by Crippen LogP contribution is 2.29. The fourth-order valence-electron chi connectivity index (χ4n) is 2.45. The molecule has 2 rings (SSSR count). The molecule has 0 saturated carbocycles. The monoisotopic (exact) mass is 310 g/mol. The predicted octanol–water partition coefficient (Wildman–Crippen LogP) is 2.61. The molecule has 21 heavy (non-hydrogen) atoms. The number of benzene rings is 1. The molecule has 1 aromatic rings. The van der Waals surface area contributed by atoms with Gasteiger partial charge in [-0.25, -0.2) is 17.5 Å². The van der Waals surface area contributed by atoms with E-state index in [4.69, 9.17) is 0 Å². The first-order valence-electron chi connectivity index (χ1n) is 6.98. The minimum atomic E-state index is -3.80. The van der Waals surface area contributed by atoms with Gasteiger partial charge in [0, 0.05) is 12.1 Å². The first kappa shape index (κ1) is 15.8. The van der Waals surface area contributed by atoms with Crippen molar-refractivity contribution in [1.82, 2.24) is 9.21 Å². The van der Waals surface area contributed by atoms with Crippen molar-refractivity contribution in [3.8, 4) is 0 Å². The Bertz CT molecular complexity index is 644. The van der Waals surface area contributed by atoms with Gasteiger partial charge in [-0.2, -0.15) is 0 Å². The highest BCUT2D eigenvalue weighted by Gasteiger charge is 2.46. The maximum absolute atomic E-state index is 12.7. The molecule has 5 nitrogen and oxygen atoms in total. The zero-order valence-corrected chi connectivity index (χ0v) is 13.9. The first-order valence-corrected chi connectivity index (χ1v) is 8.42. The van der Waals surface area contributed by atoms with Gasteiger partial charge in [-0.15, -0.1) is 0 Å². The molecule has 1 saturated heterocycles. The number of amides is 2. The molecule has 0 bridgehead atoms. The van der Waals surface area contributed by atoms with Crippen LogP contribution in [-0.2, 0) is 10.0 Å². The zero-order chi connectivity index (χ0) is 16.0. The first-order chi connectivity index (χ1) is 9.55. The van der Waals surface area contributed by atoms with E-state index in [0.29, 0.717) is 6.54 Å². The minimum absolute atomic E-state index is 0.157. The molecule has 1 aromatic carbocycles. The molecule has 1 aliphatic rings. The van der Waals surface area contributed by atoms with Crippen molar-refractivity contribution in [2.45, 2.75) is 51.1 Å². The second kappa shape index (κ2) is 5.02. The third-order valence-corrected chi connectivity index (χ3v) is 5.56. The molecule has 0 spiro atoms. The molecule has 1 atom stereocenters. The Hall–Kier alpha value is -1.56. The molecule has 1 aliphatic heterocycles. The fraction of sp³-hybridized carbons (Fsp3) is 0.533. The molecule has 0 aromatic heterocycles. The van der Waals surface area contributed by atoms with Gasteiger partial charge in [0.05, 0.1) is 10.9 Å². The highest BCUT2D eigenvalue weighted by molar-refractivity contribution is 7.89. The second-order valence-electron chi connectivity index (χ2n) is 6.53. The summed E-state index contributed by atoms with van der Waals surface area (Å²) in [4.78, 5) is 14.3. The number of urea groups is 1. The maximum atomic E-state index is 12.7. The van der Waals surface area contributed by atoms with Crippen LogP contribution in [0.5, 0.6) is 0 Å². The van der Waals surface area contributed by atoms with Gasteiger partial charge in [0.2, 0.25) is 0 Å². The summed E-state index contributed by atoms with van der Waals surface area (Å²) in [5.41, 5.74) is 0.578. The van der Waals surface area contributed by atoms with Crippen molar-refractivity contribution in [2.24, 2.45) is 0 Å². The molecule has 2 amide bonds. The molecule has 116 valence electrons. The van der Waals surface area contributed by atoms with Crippen molar-refractivity contribution >= 4 is 16.1 Å². The van der Waals surface area contributed by atoms with Crippen LogP contribution in [-0.4, -0.2) is 41.8 Å². The molecule has 0 radical (unpaired) electrons. The van der Waals surface area contributed by atoms with Crippen molar-refractivity contribution in [1.29, 1.82) is 0 Å². The van der Waals surface area contributed by atoms with Crippen molar-refractivity contribution < 1.29 is 13.2 Å². The van der Waals surface area contributed by atoms with Gasteiger partial charge in [0.1, 0.15) is 0 Å². The maximum Gasteiger partial charge on any atom is 0.334 e. The van der Waals surface area contributed by atoms with Gasteiger partial charge in [-0.05, 0) is 46.8 Å². The average molecular weight is 310 g/mol. The van der Waals surface area contributed by atoms with Crippen LogP contribution in [0.2, 0.25) is 0 Å². The molecule has 6 heteroatoms. The number of carbonyl (C=O) groups excluding carboxylic acids is 1. The van der Waals surface area contributed by atoms with Crippen LogP contribution in [0, 0.1) is 6.92 Å². The summed E-state index contributed by atoms with van der Waals surface area (Å²) in [6.45, 7) is 9.77. The normalized spacial score (nSPS) is 20.2. The van der Waals surface area contributed by atoms with Crippen LogP contribution in [0.25, 0.3) is 0 Å². The molecule has 1 unspecified atom stereocenters. The number of rotatable bonds is 2. The Kier molecular flexibility index (Phi) is 3.78. The quantitative estimate of drug-likeness (QED) is 0.843. The summed E-state index contributed by atoms with van der Waals surface area (Å²) in [7, 11) is -3.80. The fourth-order valence-corrected chi connectivity index (χ4v) is 4.00. The van der Waals surface area contributed by atoms with Crippen LogP contribution < -0.4 is 0 Å². The number of hydrogen-bond acceptors (Lipinski definition) is 3. The standard InChI is InChI=1S/C15H22N2O3S/c1-11-6-8-13(9-7-11)21(19,20)17-12(2)10-16(14(17)18)15(3,4)5/h6-9,12H,10H2,1-5H3. The second-order valence-corrected chi connectivity index (χ2v) is 8.34. The van der Waals surface area contributed by atoms with E-state index >= 15 is 0 Å². The van der Waals surface area contributed by atoms with E-state index in [1.165, 1.54) is 0 Å². The van der Waals surface area contributed by atoms with Crippen LogP contribution in [0.15, 0.2) is 29.2 Å². The lowest BCUT2D eigenvalue weighted by molar-refractivity contribution is 0.164. The van der Waals surface area contributed by atoms with Crippen LogP contribution >= 0.6 is 0 Å². The number of hydrogen-bond donors (Lipinski definition) is 0. The van der Waals surface area contributed by atoms with Crippen molar-refractivity contribution in [2.75, 3.05) is 6.54 Å². The number of sulfonamides is 1. The average Bonchev–Trinajstić information content (AvgIpc) is 2.65. The zero-order valence-electron chi connectivity index (χ0n) is 13.1. The Balaban J connectivity index is 2.41. The minimum Gasteiger partial charge on any atom is -0.317 e. The van der Waals surface area contributed by atoms with E-state index in [1.54, 1.807) is 36.1 Å². The molecule has 1 heterocycles. The van der Waals surface area contributed by atoms with E-state index in [1.807, 2.05) is 27.7 Å². The van der Waals surface area contributed by atoms with E-state index in [0.717, 1.165) is 9.87 Å². The van der Waals surface area contributed by atoms with Gasteiger partial charge in [-0.3, -0.25) is 0 Å². The summed E-state index contributed by atoms with van der Waals surface area (Å²) in [5.74, 6) is 0. The van der Waals surface area contributed by atoms with Gasteiger partial charge in [-0.1, -0.05) is 17.7 Å². The predicted molar refractivity (Wildman–Crippen MR) is 81.5 cm³/mol. The van der Waals surface area contributed by atoms with Gasteiger partial charge in [0.15, 0.2) is 0 Å². The van der Waals surface area contributed by atoms with Crippen LogP contribution in [0.1, 0.15) is 33.3 Å². The third kappa shape index (κ3) is 2.77. The van der Waals surface area contributed by atoms with Gasteiger partial charge in [0.25, 0.3) is 10.0 Å². The van der Waals surface area contributed by atoms with Crippen LogP contribution in [0.3, 0.4) is 0 Å². The van der Waals surface area contributed by atoms with Crippen LogP contribution in [0.4, 0.5) is 4.79 Å². The Morgan fingerprint density at radius 2 is 1.67 bits per heavy atom. The lowest BCUT2D eigenvalue weighted by Crippen LogP contribution is -2.45. The molecule has 1 fully saturated rings. The molecule has 0 N–H and O–H groups in total. The van der Waals surface area contributed by atoms with E-state index in [-0.39, 0.29) is 10.9 Å². The summed E-state index contributed by atoms with van der Waals surface area (Å²) in [6.07, 6.45) is 0. The Labute approximate surface area is 126 Å². The van der Waals surface area contributed by atoms with Crippen molar-refractivity contribution in [3.05, 3.63) is 29.8 Å². The van der Waals surface area contributed by atoms with E-state index < -0.39 is 21.6 Å². The largest absolute Gasteiger partial charge is 0.334 e. The summed E-state index contributed by atoms with van der Waals surface area (Å²) >= 11 is 0. The number of nitrogens with zero attached hydrogens (tertiary/aromatic N) is 2. The molecular formula is C15H22N2O3S. The summed E-state index contributed by atoms with van der Waals surface area (Å²) < 4.78 is 26.4. The summed E-state index contributed by atoms with van der Waals surface area (Å²) in [5, 5.41) is 0. The lowest BCUT2D eigenvalue weighted by atomic mass is 10.1. The number of aryl methyl sites for hydroxylation is 1. The lowest BCUT2D eigenvalue weighted by Gasteiger charge is -2.31. The SMILES string of the molecule is Cc1ccc(S(=O)(=O)N2C(=O)N(C(C)(C)C)CC2C)cc1. The van der Waals surface area contributed by atoms with Gasteiger partial charge >= 0.3 is 6.03 Å². The van der Waals surface area contributed by atoms with Crippen molar-refractivity contribution in [3.63, 3.8) is 0 Å². The Morgan fingerprint density at radius 1 is 1.14 bits per heavy atom. The van der Waals surface area contributed by atoms with E-state index in [9.17, 15) is 13.2 Å². The molecule has 0 aliphatic carbocycles. The number of carbonyl (C=O) groups is 1. The Morgan fingerprint density at radius 3 is 2.10 bits per heavy atom. The highest BCUT2D eigenvalue weighted by atomic mass is 32.2. The smallest absolute Gasteiger partial charge is 0.317 e. The summed E-state index contributed by atoms with van der Waals surface area (Å²) in [6, 6.07) is 5.74.